The van der Waals surface area contributed by atoms with Crippen LogP contribution in [0.15, 0.2) is 22.8 Å². The summed E-state index contributed by atoms with van der Waals surface area (Å²) >= 11 is 10.7. The monoisotopic (exact) mass is 247 g/mol. The molecule has 11 heavy (non-hydrogen) atoms. The Bertz CT molecular complexity index is 398. The van der Waals surface area contributed by atoms with Gasteiger partial charge in [0.15, 0.2) is 0 Å². The topological polar surface area (TPSA) is 12.9 Å². The van der Waals surface area contributed by atoms with Crippen molar-refractivity contribution in [2.75, 3.05) is 0 Å². The minimum atomic E-state index is 0.777. The third kappa shape index (κ3) is 1.28. The first-order valence-corrected chi connectivity index (χ1v) is 4.95. The lowest BCUT2D eigenvalue weighted by Crippen LogP contribution is -1.69. The summed E-state index contributed by atoms with van der Waals surface area (Å²) in [4.78, 5) is 5.14. The van der Waals surface area contributed by atoms with Crippen LogP contribution in [0.3, 0.4) is 0 Å². The Morgan fingerprint density at radius 1 is 1.55 bits per heavy atom. The summed E-state index contributed by atoms with van der Waals surface area (Å²) in [7, 11) is 0. The van der Waals surface area contributed by atoms with Gasteiger partial charge < -0.3 is 0 Å². The minimum absolute atomic E-state index is 0.777. The molecule has 0 aliphatic rings. The predicted molar refractivity (Wildman–Crippen MR) is 52.3 cm³/mol. The molecule has 0 bridgehead atoms. The van der Waals surface area contributed by atoms with E-state index >= 15 is 0 Å². The zero-order chi connectivity index (χ0) is 7.84. The number of hydrogen-bond acceptors (Lipinski definition) is 2. The number of hydrogen-bond donors (Lipinski definition) is 0. The lowest BCUT2D eigenvalue weighted by Gasteiger charge is -1.88. The van der Waals surface area contributed by atoms with Gasteiger partial charge in [-0.3, -0.25) is 0 Å². The van der Waals surface area contributed by atoms with Crippen LogP contribution in [0.25, 0.3) is 10.2 Å². The molecule has 0 aliphatic heterocycles. The van der Waals surface area contributed by atoms with Crippen LogP contribution in [-0.4, -0.2) is 4.98 Å². The first-order chi connectivity index (χ1) is 5.27. The fourth-order valence-corrected chi connectivity index (χ4v) is 2.51. The van der Waals surface area contributed by atoms with Gasteiger partial charge in [-0.15, -0.1) is 11.3 Å². The Morgan fingerprint density at radius 3 is 3.09 bits per heavy atom. The number of pyridine rings is 1. The highest BCUT2D eigenvalue weighted by Crippen LogP contribution is 2.31. The van der Waals surface area contributed by atoms with E-state index in [1.165, 1.54) is 11.3 Å². The van der Waals surface area contributed by atoms with Gasteiger partial charge in [0.05, 0.1) is 4.34 Å². The Kier molecular flexibility index (Phi) is 1.87. The van der Waals surface area contributed by atoms with E-state index in [-0.39, 0.29) is 0 Å². The van der Waals surface area contributed by atoms with Gasteiger partial charge in [-0.25, -0.2) is 4.98 Å². The third-order valence-electron chi connectivity index (χ3n) is 1.35. The molecule has 1 nitrogen and oxygen atoms in total. The normalized spacial score (nSPS) is 10.7. The largest absolute Gasteiger partial charge is 0.245 e. The molecule has 0 fully saturated rings. The lowest BCUT2D eigenvalue weighted by atomic mass is 10.3. The molecule has 0 aliphatic carbocycles. The Morgan fingerprint density at radius 2 is 2.36 bits per heavy atom. The first kappa shape index (κ1) is 7.53. The van der Waals surface area contributed by atoms with Gasteiger partial charge in [0, 0.05) is 16.1 Å². The summed E-state index contributed by atoms with van der Waals surface area (Å²) < 4.78 is 1.82. The molecule has 0 aromatic carbocycles. The number of aromatic nitrogens is 1. The molecule has 0 atom stereocenters. The summed E-state index contributed by atoms with van der Waals surface area (Å²) in [5.74, 6) is 0. The van der Waals surface area contributed by atoms with E-state index in [0.29, 0.717) is 0 Å². The highest BCUT2D eigenvalue weighted by atomic mass is 79.9. The lowest BCUT2D eigenvalue weighted by molar-refractivity contribution is 1.43. The Balaban J connectivity index is 2.90. The molecule has 56 valence electrons. The molecular weight excluding hydrogens is 246 g/mol. The van der Waals surface area contributed by atoms with Crippen LogP contribution in [0.4, 0.5) is 0 Å². The second-order valence-corrected chi connectivity index (χ2v) is 4.58. The van der Waals surface area contributed by atoms with Gasteiger partial charge in [0.25, 0.3) is 0 Å². The number of halogens is 2. The second kappa shape index (κ2) is 2.73. The number of nitrogens with zero attached hydrogens (tertiary/aromatic N) is 1. The van der Waals surface area contributed by atoms with Crippen molar-refractivity contribution in [1.82, 2.24) is 4.98 Å². The summed E-state index contributed by atoms with van der Waals surface area (Å²) in [6, 6.07) is 3.82. The highest BCUT2D eigenvalue weighted by molar-refractivity contribution is 9.10. The summed E-state index contributed by atoms with van der Waals surface area (Å²) in [6.07, 6.45) is 1.76. The molecule has 0 spiro atoms. The fraction of sp³-hybridized carbons (Fsp3) is 0. The van der Waals surface area contributed by atoms with E-state index in [0.717, 1.165) is 19.0 Å². The standard InChI is InChI=1S/C7H3BrClNS/c8-5-1-2-10-7-4(5)3-6(9)11-7/h1-3H. The van der Waals surface area contributed by atoms with Crippen LogP contribution in [0.1, 0.15) is 0 Å². The van der Waals surface area contributed by atoms with Crippen LogP contribution in [0, 0.1) is 0 Å². The highest BCUT2D eigenvalue weighted by Gasteiger charge is 2.02. The molecule has 2 heterocycles. The van der Waals surface area contributed by atoms with Gasteiger partial charge in [-0.1, -0.05) is 27.5 Å². The summed E-state index contributed by atoms with van der Waals surface area (Å²) in [6.45, 7) is 0. The van der Waals surface area contributed by atoms with Crippen molar-refractivity contribution in [3.63, 3.8) is 0 Å². The van der Waals surface area contributed by atoms with Crippen molar-refractivity contribution >= 4 is 49.1 Å². The average Bonchev–Trinajstić information content (AvgIpc) is 2.31. The number of rotatable bonds is 0. The van der Waals surface area contributed by atoms with Crippen molar-refractivity contribution in [3.8, 4) is 0 Å². The summed E-state index contributed by atoms with van der Waals surface area (Å²) in [5.41, 5.74) is 0. The van der Waals surface area contributed by atoms with Crippen LogP contribution < -0.4 is 0 Å². The van der Waals surface area contributed by atoms with Crippen LogP contribution in [0.2, 0.25) is 4.34 Å². The molecule has 2 rings (SSSR count). The first-order valence-electron chi connectivity index (χ1n) is 2.97. The molecule has 0 N–H and O–H groups in total. The zero-order valence-electron chi connectivity index (χ0n) is 5.34. The molecule has 2 aromatic rings. The maximum absolute atomic E-state index is 5.81. The Hall–Kier alpha value is -0.120. The molecular formula is C7H3BrClNS. The molecule has 0 saturated heterocycles. The number of fused-ring (bicyclic) bond motifs is 1. The van der Waals surface area contributed by atoms with Crippen molar-refractivity contribution in [1.29, 1.82) is 0 Å². The van der Waals surface area contributed by atoms with E-state index in [2.05, 4.69) is 20.9 Å². The second-order valence-electron chi connectivity index (χ2n) is 2.06. The quantitative estimate of drug-likeness (QED) is 0.692. The fourth-order valence-electron chi connectivity index (χ4n) is 0.879. The number of thiophene rings is 1. The van der Waals surface area contributed by atoms with Crippen LogP contribution in [-0.2, 0) is 0 Å². The van der Waals surface area contributed by atoms with Gasteiger partial charge in [-0.05, 0) is 12.1 Å². The van der Waals surface area contributed by atoms with E-state index in [1.54, 1.807) is 6.20 Å². The third-order valence-corrected chi connectivity index (χ3v) is 3.22. The average molecular weight is 249 g/mol. The molecule has 0 unspecified atom stereocenters. The smallest absolute Gasteiger partial charge is 0.125 e. The van der Waals surface area contributed by atoms with Crippen molar-refractivity contribution in [3.05, 3.63) is 27.1 Å². The van der Waals surface area contributed by atoms with Gasteiger partial charge in [0.1, 0.15) is 4.83 Å². The maximum Gasteiger partial charge on any atom is 0.125 e. The molecule has 0 radical (unpaired) electrons. The van der Waals surface area contributed by atoms with Crippen molar-refractivity contribution in [2.24, 2.45) is 0 Å². The molecule has 0 amide bonds. The molecule has 4 heteroatoms. The van der Waals surface area contributed by atoms with Crippen LogP contribution >= 0.6 is 38.9 Å². The van der Waals surface area contributed by atoms with E-state index in [9.17, 15) is 0 Å². The zero-order valence-corrected chi connectivity index (χ0v) is 8.50. The van der Waals surface area contributed by atoms with Crippen molar-refractivity contribution in [2.45, 2.75) is 0 Å². The van der Waals surface area contributed by atoms with E-state index in [1.807, 2.05) is 12.1 Å². The minimum Gasteiger partial charge on any atom is -0.245 e. The van der Waals surface area contributed by atoms with E-state index in [4.69, 9.17) is 11.6 Å². The van der Waals surface area contributed by atoms with Gasteiger partial charge >= 0.3 is 0 Å². The predicted octanol–water partition coefficient (Wildman–Crippen LogP) is 3.71. The summed E-state index contributed by atoms with van der Waals surface area (Å²) in [5, 5.41) is 1.09. The van der Waals surface area contributed by atoms with Gasteiger partial charge in [0.2, 0.25) is 0 Å². The van der Waals surface area contributed by atoms with Crippen molar-refractivity contribution < 1.29 is 0 Å². The maximum atomic E-state index is 5.81. The van der Waals surface area contributed by atoms with Crippen LogP contribution in [0.5, 0.6) is 0 Å². The SMILES string of the molecule is Clc1cc2c(Br)ccnc2s1. The molecule has 2 aromatic heterocycles. The molecule has 0 saturated carbocycles. The van der Waals surface area contributed by atoms with Gasteiger partial charge in [-0.2, -0.15) is 0 Å². The van der Waals surface area contributed by atoms with E-state index < -0.39 is 0 Å². The Labute approximate surface area is 81.1 Å².